The first-order valence-corrected chi connectivity index (χ1v) is 6.92. The lowest BCUT2D eigenvalue weighted by atomic mass is 9.89. The molecule has 2 rings (SSSR count). The van der Waals surface area contributed by atoms with Crippen molar-refractivity contribution in [3.05, 3.63) is 35.6 Å². The Labute approximate surface area is 109 Å². The molecule has 1 aliphatic rings. The molecule has 0 aliphatic carbocycles. The Balaban J connectivity index is 1.77. The fourth-order valence-electron chi connectivity index (χ4n) is 2.70. The first kappa shape index (κ1) is 13.5. The molecule has 0 bridgehead atoms. The van der Waals surface area contributed by atoms with Crippen LogP contribution in [0.15, 0.2) is 24.3 Å². The van der Waals surface area contributed by atoms with Gasteiger partial charge in [-0.05, 0) is 76.1 Å². The molecule has 100 valence electrons. The SMILES string of the molecule is CNCCCN1CCC(c2ccc(F)cc2)CC1. The molecular formula is C15H23FN2. The van der Waals surface area contributed by atoms with E-state index in [-0.39, 0.29) is 5.82 Å². The van der Waals surface area contributed by atoms with Gasteiger partial charge >= 0.3 is 0 Å². The van der Waals surface area contributed by atoms with Crippen molar-refractivity contribution in [1.29, 1.82) is 0 Å². The van der Waals surface area contributed by atoms with E-state index in [1.54, 1.807) is 12.1 Å². The maximum atomic E-state index is 12.9. The molecule has 1 aromatic carbocycles. The van der Waals surface area contributed by atoms with Crippen LogP contribution in [0.1, 0.15) is 30.7 Å². The van der Waals surface area contributed by atoms with E-state index in [1.165, 1.54) is 44.5 Å². The zero-order valence-corrected chi connectivity index (χ0v) is 11.2. The lowest BCUT2D eigenvalue weighted by Gasteiger charge is -2.32. The van der Waals surface area contributed by atoms with Crippen LogP contribution in [0.3, 0.4) is 0 Å². The first-order chi connectivity index (χ1) is 8.79. The number of halogens is 1. The molecule has 0 unspecified atom stereocenters. The predicted molar refractivity (Wildman–Crippen MR) is 73.4 cm³/mol. The van der Waals surface area contributed by atoms with Crippen LogP contribution in [0, 0.1) is 5.82 Å². The van der Waals surface area contributed by atoms with E-state index in [0.29, 0.717) is 5.92 Å². The van der Waals surface area contributed by atoms with Crippen LogP contribution in [0.2, 0.25) is 0 Å². The number of nitrogens with one attached hydrogen (secondary N) is 1. The van der Waals surface area contributed by atoms with Crippen molar-refractivity contribution in [2.45, 2.75) is 25.2 Å². The van der Waals surface area contributed by atoms with Gasteiger partial charge in [0.25, 0.3) is 0 Å². The minimum atomic E-state index is -0.136. The summed E-state index contributed by atoms with van der Waals surface area (Å²) in [4.78, 5) is 2.54. The number of hydrogen-bond acceptors (Lipinski definition) is 2. The van der Waals surface area contributed by atoms with Crippen molar-refractivity contribution in [1.82, 2.24) is 10.2 Å². The average Bonchev–Trinajstić information content (AvgIpc) is 2.41. The topological polar surface area (TPSA) is 15.3 Å². The maximum Gasteiger partial charge on any atom is 0.123 e. The summed E-state index contributed by atoms with van der Waals surface area (Å²) in [6.07, 6.45) is 3.62. The summed E-state index contributed by atoms with van der Waals surface area (Å²) >= 11 is 0. The monoisotopic (exact) mass is 250 g/mol. The molecule has 0 amide bonds. The molecule has 1 aliphatic heterocycles. The van der Waals surface area contributed by atoms with Crippen molar-refractivity contribution >= 4 is 0 Å². The summed E-state index contributed by atoms with van der Waals surface area (Å²) < 4.78 is 12.9. The minimum Gasteiger partial charge on any atom is -0.320 e. The summed E-state index contributed by atoms with van der Waals surface area (Å²) in [6.45, 7) is 4.63. The molecule has 3 heteroatoms. The van der Waals surface area contributed by atoms with Gasteiger partial charge in [0, 0.05) is 0 Å². The van der Waals surface area contributed by atoms with E-state index < -0.39 is 0 Å². The third-order valence-electron chi connectivity index (χ3n) is 3.83. The summed E-state index contributed by atoms with van der Waals surface area (Å²) in [5, 5.41) is 3.19. The molecule has 0 aromatic heterocycles. The van der Waals surface area contributed by atoms with Crippen molar-refractivity contribution < 1.29 is 4.39 Å². The normalized spacial score (nSPS) is 18.1. The quantitative estimate of drug-likeness (QED) is 0.808. The lowest BCUT2D eigenvalue weighted by molar-refractivity contribution is 0.210. The van der Waals surface area contributed by atoms with Gasteiger partial charge in [0.05, 0.1) is 0 Å². The lowest BCUT2D eigenvalue weighted by Crippen LogP contribution is -2.34. The van der Waals surface area contributed by atoms with Gasteiger partial charge in [-0.2, -0.15) is 0 Å². The summed E-state index contributed by atoms with van der Waals surface area (Å²) in [6, 6.07) is 7.04. The van der Waals surface area contributed by atoms with E-state index in [1.807, 2.05) is 19.2 Å². The van der Waals surface area contributed by atoms with Crippen molar-refractivity contribution in [2.75, 3.05) is 33.2 Å². The van der Waals surface area contributed by atoms with Crippen molar-refractivity contribution in [2.24, 2.45) is 0 Å². The Morgan fingerprint density at radius 3 is 2.50 bits per heavy atom. The maximum absolute atomic E-state index is 12.9. The van der Waals surface area contributed by atoms with E-state index in [9.17, 15) is 4.39 Å². The molecule has 1 saturated heterocycles. The number of benzene rings is 1. The van der Waals surface area contributed by atoms with Gasteiger partial charge in [-0.1, -0.05) is 12.1 Å². The molecule has 0 radical (unpaired) electrons. The number of likely N-dealkylation sites (tertiary alicyclic amines) is 1. The molecule has 0 spiro atoms. The van der Waals surface area contributed by atoms with Gasteiger partial charge in [-0.25, -0.2) is 4.39 Å². The number of hydrogen-bond donors (Lipinski definition) is 1. The van der Waals surface area contributed by atoms with Crippen LogP contribution < -0.4 is 5.32 Å². The molecule has 2 nitrogen and oxygen atoms in total. The Morgan fingerprint density at radius 1 is 1.22 bits per heavy atom. The summed E-state index contributed by atoms with van der Waals surface area (Å²) in [5.41, 5.74) is 1.30. The van der Waals surface area contributed by atoms with E-state index in [4.69, 9.17) is 0 Å². The Bertz CT molecular complexity index is 342. The molecule has 18 heavy (non-hydrogen) atoms. The summed E-state index contributed by atoms with van der Waals surface area (Å²) in [7, 11) is 2.00. The second kappa shape index (κ2) is 6.86. The van der Waals surface area contributed by atoms with E-state index >= 15 is 0 Å². The largest absolute Gasteiger partial charge is 0.320 e. The molecule has 1 fully saturated rings. The average molecular weight is 250 g/mol. The highest BCUT2D eigenvalue weighted by atomic mass is 19.1. The Hall–Kier alpha value is -0.930. The second-order valence-electron chi connectivity index (χ2n) is 5.12. The van der Waals surface area contributed by atoms with Gasteiger partial charge in [-0.15, -0.1) is 0 Å². The number of rotatable bonds is 5. The first-order valence-electron chi connectivity index (χ1n) is 6.92. The molecule has 1 aromatic rings. The highest BCUT2D eigenvalue weighted by Crippen LogP contribution is 2.27. The van der Waals surface area contributed by atoms with Gasteiger partial charge in [-0.3, -0.25) is 0 Å². The van der Waals surface area contributed by atoms with Gasteiger partial charge < -0.3 is 10.2 Å². The highest BCUT2D eigenvalue weighted by Gasteiger charge is 2.19. The van der Waals surface area contributed by atoms with Crippen LogP contribution in [-0.2, 0) is 0 Å². The predicted octanol–water partition coefficient (Wildman–Crippen LogP) is 2.61. The smallest absolute Gasteiger partial charge is 0.123 e. The Kier molecular flexibility index (Phi) is 5.14. The van der Waals surface area contributed by atoms with Gasteiger partial charge in [0.2, 0.25) is 0 Å². The molecule has 1 N–H and O–H groups in total. The molecule has 0 atom stereocenters. The number of piperidine rings is 1. The highest BCUT2D eigenvalue weighted by molar-refractivity contribution is 5.21. The molecular weight excluding hydrogens is 227 g/mol. The van der Waals surface area contributed by atoms with Crippen LogP contribution >= 0.6 is 0 Å². The van der Waals surface area contributed by atoms with Crippen LogP contribution in [0.5, 0.6) is 0 Å². The van der Waals surface area contributed by atoms with Crippen LogP contribution in [-0.4, -0.2) is 38.1 Å². The summed E-state index contributed by atoms with van der Waals surface area (Å²) in [5.74, 6) is 0.481. The zero-order chi connectivity index (χ0) is 12.8. The fraction of sp³-hybridized carbons (Fsp3) is 0.600. The van der Waals surface area contributed by atoms with Crippen LogP contribution in [0.4, 0.5) is 4.39 Å². The van der Waals surface area contributed by atoms with Gasteiger partial charge in [0.1, 0.15) is 5.82 Å². The van der Waals surface area contributed by atoms with Crippen molar-refractivity contribution in [3.63, 3.8) is 0 Å². The number of nitrogens with zero attached hydrogens (tertiary/aromatic N) is 1. The zero-order valence-electron chi connectivity index (χ0n) is 11.2. The van der Waals surface area contributed by atoms with Gasteiger partial charge in [0.15, 0.2) is 0 Å². The second-order valence-corrected chi connectivity index (χ2v) is 5.12. The minimum absolute atomic E-state index is 0.136. The van der Waals surface area contributed by atoms with E-state index in [0.717, 1.165) is 6.54 Å². The Morgan fingerprint density at radius 2 is 1.89 bits per heavy atom. The molecule has 0 saturated carbocycles. The van der Waals surface area contributed by atoms with Crippen molar-refractivity contribution in [3.8, 4) is 0 Å². The standard InChI is InChI=1S/C15H23FN2/c1-17-9-2-10-18-11-7-14(8-12-18)13-3-5-15(16)6-4-13/h3-6,14,17H,2,7-12H2,1H3. The van der Waals surface area contributed by atoms with E-state index in [2.05, 4.69) is 10.2 Å². The third-order valence-corrected chi connectivity index (χ3v) is 3.83. The third kappa shape index (κ3) is 3.79. The van der Waals surface area contributed by atoms with Crippen LogP contribution in [0.25, 0.3) is 0 Å². The fourth-order valence-corrected chi connectivity index (χ4v) is 2.70. The molecule has 1 heterocycles.